The van der Waals surface area contributed by atoms with Crippen LogP contribution in [0.2, 0.25) is 0 Å². The molecular weight excluding hydrogens is 1150 g/mol. The largest absolute Gasteiger partial charge is 0.492 e. The van der Waals surface area contributed by atoms with Gasteiger partial charge in [-0.25, -0.2) is 36.4 Å². The zero-order valence-corrected chi connectivity index (χ0v) is 50.2. The Kier molecular flexibility index (Phi) is 15.3. The van der Waals surface area contributed by atoms with Gasteiger partial charge in [-0.1, -0.05) is 24.3 Å². The van der Waals surface area contributed by atoms with E-state index in [4.69, 9.17) is 28.1 Å². The van der Waals surface area contributed by atoms with Gasteiger partial charge in [0.15, 0.2) is 0 Å². The van der Waals surface area contributed by atoms with Crippen LogP contribution in [-0.2, 0) is 55.1 Å². The van der Waals surface area contributed by atoms with Gasteiger partial charge in [0.25, 0.3) is 11.8 Å². The number of aromatic nitrogens is 2. The summed E-state index contributed by atoms with van der Waals surface area (Å²) in [5, 5.41) is 8.37. The van der Waals surface area contributed by atoms with Crippen molar-refractivity contribution in [2.45, 2.75) is 156 Å². The van der Waals surface area contributed by atoms with Gasteiger partial charge < -0.3 is 38.7 Å². The Hall–Kier alpha value is -8.00. The molecule has 24 nitrogen and oxygen atoms in total. The molecule has 26 heteroatoms. The number of amides is 6. The Balaban J connectivity index is 0.000000179. The van der Waals surface area contributed by atoms with Crippen LogP contribution in [0.15, 0.2) is 90.8 Å². The lowest BCUT2D eigenvalue weighted by Gasteiger charge is -2.29. The Morgan fingerprint density at radius 3 is 1.56 bits per heavy atom. The second kappa shape index (κ2) is 22.1. The Bertz CT molecular complexity index is 3850. The van der Waals surface area contributed by atoms with Crippen LogP contribution in [0.1, 0.15) is 98.5 Å². The third kappa shape index (κ3) is 12.1. The van der Waals surface area contributed by atoms with Crippen molar-refractivity contribution in [2.75, 3.05) is 19.7 Å². The molecule has 4 aliphatic carbocycles. The minimum atomic E-state index is -3.84. The summed E-state index contributed by atoms with van der Waals surface area (Å²) in [5.41, 5.74) is -2.80. The number of furan rings is 1. The maximum Gasteiger partial charge on any atom is 0.411 e. The number of sulfonamides is 2. The van der Waals surface area contributed by atoms with Crippen molar-refractivity contribution in [1.82, 2.24) is 39.8 Å². The monoisotopic (exact) mass is 1220 g/mol. The van der Waals surface area contributed by atoms with Crippen LogP contribution in [0.4, 0.5) is 9.59 Å². The minimum Gasteiger partial charge on any atom is -0.492 e. The van der Waals surface area contributed by atoms with Crippen LogP contribution < -0.4 is 34.3 Å². The van der Waals surface area contributed by atoms with Crippen molar-refractivity contribution >= 4 is 88.4 Å². The summed E-state index contributed by atoms with van der Waals surface area (Å²) < 4.78 is 89.5. The zero-order chi connectivity index (χ0) is 61.5. The third-order valence-corrected chi connectivity index (χ3v) is 20.0. The van der Waals surface area contributed by atoms with E-state index >= 15 is 0 Å². The molecule has 7 aliphatic rings. The molecule has 3 aliphatic heterocycles. The van der Waals surface area contributed by atoms with Gasteiger partial charge in [-0.15, -0.1) is 13.2 Å². The summed E-state index contributed by atoms with van der Waals surface area (Å²) in [6.07, 6.45) is 8.53. The number of hydrogen-bond acceptors (Lipinski definition) is 18. The van der Waals surface area contributed by atoms with Crippen molar-refractivity contribution < 1.29 is 73.7 Å². The maximum absolute atomic E-state index is 13.8. The minimum absolute atomic E-state index is 0.0220. The maximum atomic E-state index is 13.8. The average Bonchev–Trinajstić information content (AvgIpc) is 1.62. The molecule has 458 valence electrons. The highest BCUT2D eigenvalue weighted by molar-refractivity contribution is 7.91. The standard InChI is InChI=1S/C30H36N4O8S.C30H34N4O8S/c2*1-5-18-15-30(18,27(36)33-43(38,39)20-7-8-20)32-25(35)23-14-19(16-34(23)28(37)42-29(2,3)4)41-26-22-9-6-17-11-13-40-24(17)21(22)10-12-31-26/h5-6,9-10,12,18-20,23H,1,7-8,11,13-16H2,2-4H3,(H,32,35)(H,33,36);5-6,9-13,18-20,23H,1,7-8,14-16H2,2-4H3,(H,32,35)(H,33,36)/t2*18-,19-,23+,30-/m11/s1. The molecule has 4 N–H and O–H groups in total. The van der Waals surface area contributed by atoms with Gasteiger partial charge in [0.05, 0.1) is 36.5 Å². The van der Waals surface area contributed by atoms with Crippen LogP contribution in [0.5, 0.6) is 17.5 Å². The summed E-state index contributed by atoms with van der Waals surface area (Å²) in [6, 6.07) is 11.1. The molecule has 3 aromatic heterocycles. The molecule has 6 fully saturated rings. The SMILES string of the molecule is C=C[C@@H]1C[C@]1(NC(=O)[C@@H]1C[C@@H](Oc2nccc3c2ccc2ccoc23)CN1C(=O)OC(C)(C)C)C(=O)NS(=O)(=O)C1CC1.C=C[C@@H]1C[C@]1(NC(=O)[C@@H]1C[C@@H](Oc2nccc3c4c(ccc23)CCO4)CN1C(=O)OC(C)(C)C)C(=O)NS(=O)(=O)C1CC1. The lowest BCUT2D eigenvalue weighted by molar-refractivity contribution is -0.131. The van der Waals surface area contributed by atoms with E-state index in [2.05, 4.69) is 43.2 Å². The fraction of sp³-hybridized carbons (Fsp3) is 0.500. The highest BCUT2D eigenvalue weighted by Crippen LogP contribution is 2.47. The summed E-state index contributed by atoms with van der Waals surface area (Å²) >= 11 is 0. The molecule has 8 atom stereocenters. The first-order valence-corrected chi connectivity index (χ1v) is 31.8. The summed E-state index contributed by atoms with van der Waals surface area (Å²) in [7, 11) is -7.67. The molecule has 0 unspecified atom stereocenters. The Morgan fingerprint density at radius 1 is 0.640 bits per heavy atom. The Morgan fingerprint density at radius 2 is 1.10 bits per heavy atom. The highest BCUT2D eigenvalue weighted by Gasteiger charge is 2.63. The lowest BCUT2D eigenvalue weighted by Crippen LogP contribution is -2.56. The van der Waals surface area contributed by atoms with Crippen molar-refractivity contribution in [3.05, 3.63) is 92.0 Å². The van der Waals surface area contributed by atoms with Gasteiger partial charge in [-0.2, -0.15) is 0 Å². The van der Waals surface area contributed by atoms with E-state index in [1.807, 2.05) is 42.5 Å². The van der Waals surface area contributed by atoms with Crippen LogP contribution in [0.25, 0.3) is 32.5 Å². The van der Waals surface area contributed by atoms with E-state index in [0.717, 1.165) is 39.3 Å². The molecule has 0 radical (unpaired) electrons. The van der Waals surface area contributed by atoms with Crippen LogP contribution >= 0.6 is 0 Å². The quantitative estimate of drug-likeness (QED) is 0.0823. The average molecular weight is 1220 g/mol. The number of carbonyl (C=O) groups is 6. The number of rotatable bonds is 16. The first-order chi connectivity index (χ1) is 40.6. The van der Waals surface area contributed by atoms with E-state index in [1.165, 1.54) is 22.0 Å². The van der Waals surface area contributed by atoms with E-state index in [-0.39, 0.29) is 38.8 Å². The van der Waals surface area contributed by atoms with E-state index in [9.17, 15) is 45.6 Å². The van der Waals surface area contributed by atoms with E-state index in [0.29, 0.717) is 55.0 Å². The van der Waals surface area contributed by atoms with Crippen LogP contribution in [0.3, 0.4) is 0 Å². The smallest absolute Gasteiger partial charge is 0.411 e. The molecule has 2 saturated heterocycles. The van der Waals surface area contributed by atoms with Gasteiger partial charge in [-0.05, 0) is 116 Å². The highest BCUT2D eigenvalue weighted by atomic mass is 32.2. The number of hydrogen-bond donors (Lipinski definition) is 4. The number of nitrogens with zero attached hydrogens (tertiary/aromatic N) is 4. The molecular formula is C60H70N8O16S2. The second-order valence-electron chi connectivity index (χ2n) is 25.1. The van der Waals surface area contributed by atoms with Gasteiger partial charge in [0, 0.05) is 70.4 Å². The second-order valence-corrected chi connectivity index (χ2v) is 29.0. The Labute approximate surface area is 497 Å². The van der Waals surface area contributed by atoms with Crippen molar-refractivity contribution in [3.8, 4) is 17.5 Å². The van der Waals surface area contributed by atoms with E-state index in [1.54, 1.807) is 60.2 Å². The summed E-state index contributed by atoms with van der Waals surface area (Å²) in [4.78, 5) is 91.9. The number of fused-ring (bicyclic) bond motifs is 6. The first-order valence-electron chi connectivity index (χ1n) is 28.7. The normalized spacial score (nSPS) is 25.8. The number of benzene rings is 2. The fourth-order valence-corrected chi connectivity index (χ4v) is 14.1. The number of nitrogens with one attached hydrogen (secondary N) is 4. The predicted molar refractivity (Wildman–Crippen MR) is 313 cm³/mol. The van der Waals surface area contributed by atoms with Gasteiger partial charge >= 0.3 is 12.2 Å². The van der Waals surface area contributed by atoms with E-state index < -0.39 is 125 Å². The number of pyridine rings is 2. The van der Waals surface area contributed by atoms with Crippen molar-refractivity contribution in [2.24, 2.45) is 11.8 Å². The molecule has 0 bridgehead atoms. The predicted octanol–water partition coefficient (Wildman–Crippen LogP) is 6.00. The molecule has 2 aromatic carbocycles. The molecule has 6 amide bonds. The van der Waals surface area contributed by atoms with Crippen molar-refractivity contribution in [1.29, 1.82) is 0 Å². The molecule has 86 heavy (non-hydrogen) atoms. The molecule has 5 aromatic rings. The summed E-state index contributed by atoms with van der Waals surface area (Å²) in [6.45, 7) is 18.5. The lowest BCUT2D eigenvalue weighted by atomic mass is 10.1. The van der Waals surface area contributed by atoms with Gasteiger partial charge in [0.2, 0.25) is 43.6 Å². The molecule has 0 spiro atoms. The number of ether oxygens (including phenoxy) is 5. The summed E-state index contributed by atoms with van der Waals surface area (Å²) in [5.74, 6) is -2.30. The van der Waals surface area contributed by atoms with Gasteiger partial charge in [0.1, 0.15) is 57.9 Å². The van der Waals surface area contributed by atoms with Gasteiger partial charge in [-0.3, -0.25) is 38.4 Å². The third-order valence-electron chi connectivity index (χ3n) is 16.3. The molecule has 4 saturated carbocycles. The topological polar surface area (TPSA) is 310 Å². The number of carbonyl (C=O) groups excluding carboxylic acids is 6. The zero-order valence-electron chi connectivity index (χ0n) is 48.6. The van der Waals surface area contributed by atoms with Crippen molar-refractivity contribution in [3.63, 3.8) is 0 Å². The molecule has 12 rings (SSSR count). The molecule has 6 heterocycles. The van der Waals surface area contributed by atoms with Crippen LogP contribution in [0, 0.1) is 11.8 Å². The number of likely N-dealkylation sites (tertiary alicyclic amines) is 2. The first kappa shape index (κ1) is 59.7. The fourth-order valence-electron chi connectivity index (χ4n) is 11.4. The van der Waals surface area contributed by atoms with Crippen LogP contribution in [-0.4, -0.2) is 149 Å².